The van der Waals surface area contributed by atoms with Crippen LogP contribution in [0, 0.1) is 0 Å². The third kappa shape index (κ3) is 8.66. The highest BCUT2D eigenvalue weighted by Crippen LogP contribution is 2.36. The first-order chi connectivity index (χ1) is 14.7. The van der Waals surface area contributed by atoms with Crippen molar-refractivity contribution in [2.75, 3.05) is 52.9 Å². The second-order valence-electron chi connectivity index (χ2n) is 7.96. The van der Waals surface area contributed by atoms with Gasteiger partial charge in [0.25, 0.3) is 0 Å². The zero-order valence-corrected chi connectivity index (χ0v) is 18.8. The Morgan fingerprint density at radius 1 is 0.806 bits per heavy atom. The highest BCUT2D eigenvalue weighted by Gasteiger charge is 2.51. The molecule has 1 heterocycles. The Bertz CT molecular complexity index is 647. The molecular weight excluding hydrogens is 407 g/mol. The van der Waals surface area contributed by atoms with E-state index in [1.807, 2.05) is 52.0 Å². The van der Waals surface area contributed by atoms with Crippen molar-refractivity contribution in [1.82, 2.24) is 0 Å². The molecule has 1 aromatic rings. The summed E-state index contributed by atoms with van der Waals surface area (Å²) in [5, 5.41) is 8.29. The molecule has 1 fully saturated rings. The van der Waals surface area contributed by atoms with Gasteiger partial charge in [0.05, 0.1) is 50.8 Å². The van der Waals surface area contributed by atoms with Gasteiger partial charge in [0.1, 0.15) is 19.0 Å². The molecule has 1 aliphatic rings. The van der Waals surface area contributed by atoms with Gasteiger partial charge in [0.2, 0.25) is 0 Å². The Morgan fingerprint density at radius 3 is 1.74 bits per heavy atom. The molecule has 0 aliphatic carbocycles. The molecule has 1 saturated heterocycles. The molecule has 0 atom stereocenters. The van der Waals surface area contributed by atoms with Gasteiger partial charge >= 0.3 is 13.3 Å². The maximum atomic E-state index is 10.1. The fourth-order valence-corrected chi connectivity index (χ4v) is 2.65. The van der Waals surface area contributed by atoms with E-state index in [0.29, 0.717) is 39.6 Å². The molecule has 9 nitrogen and oxygen atoms in total. The van der Waals surface area contributed by atoms with Gasteiger partial charge in [-0.05, 0) is 45.3 Å². The minimum atomic E-state index is -1.31. The van der Waals surface area contributed by atoms with Crippen LogP contribution < -0.4 is 10.2 Å². The Labute approximate surface area is 184 Å². The van der Waals surface area contributed by atoms with E-state index in [9.17, 15) is 4.79 Å². The van der Waals surface area contributed by atoms with Gasteiger partial charge in [-0.15, -0.1) is 0 Å². The van der Waals surface area contributed by atoms with Crippen molar-refractivity contribution < 1.29 is 42.9 Å². The van der Waals surface area contributed by atoms with Crippen molar-refractivity contribution in [3.8, 4) is 5.75 Å². The summed E-state index contributed by atoms with van der Waals surface area (Å²) in [6.07, 6.45) is -1.31. The van der Waals surface area contributed by atoms with Crippen molar-refractivity contribution in [3.63, 3.8) is 0 Å². The van der Waals surface area contributed by atoms with Gasteiger partial charge in [0, 0.05) is 0 Å². The molecule has 1 aliphatic heterocycles. The second-order valence-corrected chi connectivity index (χ2v) is 7.96. The third-order valence-electron chi connectivity index (χ3n) is 5.10. The van der Waals surface area contributed by atoms with Gasteiger partial charge in [-0.2, -0.15) is 0 Å². The van der Waals surface area contributed by atoms with Crippen LogP contribution in [0.5, 0.6) is 5.75 Å². The minimum Gasteiger partial charge on any atom is -0.491 e. The predicted molar refractivity (Wildman–Crippen MR) is 114 cm³/mol. The van der Waals surface area contributed by atoms with Gasteiger partial charge in [-0.25, -0.2) is 4.79 Å². The number of carbonyl (C=O) groups is 1. The molecule has 0 radical (unpaired) electrons. The molecule has 0 unspecified atom stereocenters. The first kappa shape index (κ1) is 25.4. The predicted octanol–water partition coefficient (Wildman–Crippen LogP) is 2.11. The van der Waals surface area contributed by atoms with E-state index < -0.39 is 6.16 Å². The Morgan fingerprint density at radius 2 is 1.26 bits per heavy atom. The van der Waals surface area contributed by atoms with Crippen molar-refractivity contribution >= 4 is 18.7 Å². The molecule has 0 aromatic heterocycles. The van der Waals surface area contributed by atoms with E-state index >= 15 is 0 Å². The SMILES string of the molecule is CC1(C)OB(c2ccc(OCCOCCOCCOCCOC(=O)O)cc2)OC1(C)C. The van der Waals surface area contributed by atoms with Gasteiger partial charge in [0.15, 0.2) is 0 Å². The highest BCUT2D eigenvalue weighted by atomic mass is 16.7. The van der Waals surface area contributed by atoms with Crippen LogP contribution >= 0.6 is 0 Å². The van der Waals surface area contributed by atoms with E-state index in [-0.39, 0.29) is 31.5 Å². The average molecular weight is 440 g/mol. The van der Waals surface area contributed by atoms with Gasteiger partial charge in [-0.1, -0.05) is 12.1 Å². The highest BCUT2D eigenvalue weighted by molar-refractivity contribution is 6.62. The van der Waals surface area contributed by atoms with E-state index in [1.165, 1.54) is 0 Å². The number of hydrogen-bond acceptors (Lipinski definition) is 8. The monoisotopic (exact) mass is 440 g/mol. The number of ether oxygens (including phenoxy) is 5. The molecule has 1 aromatic carbocycles. The maximum absolute atomic E-state index is 10.1. The fraction of sp³-hybridized carbons (Fsp3) is 0.667. The van der Waals surface area contributed by atoms with E-state index in [4.69, 9.17) is 33.4 Å². The van der Waals surface area contributed by atoms with Crippen LogP contribution in [0.1, 0.15) is 27.7 Å². The maximum Gasteiger partial charge on any atom is 0.505 e. The van der Waals surface area contributed by atoms with Crippen molar-refractivity contribution in [3.05, 3.63) is 24.3 Å². The van der Waals surface area contributed by atoms with E-state index in [0.717, 1.165) is 11.2 Å². The van der Waals surface area contributed by atoms with Crippen LogP contribution in [0.15, 0.2) is 24.3 Å². The largest absolute Gasteiger partial charge is 0.505 e. The van der Waals surface area contributed by atoms with E-state index in [2.05, 4.69) is 4.74 Å². The number of hydrogen-bond donors (Lipinski definition) is 1. The molecule has 0 saturated carbocycles. The first-order valence-corrected chi connectivity index (χ1v) is 10.4. The van der Waals surface area contributed by atoms with Crippen LogP contribution in [0.2, 0.25) is 0 Å². The summed E-state index contributed by atoms with van der Waals surface area (Å²) in [4.78, 5) is 10.1. The first-order valence-electron chi connectivity index (χ1n) is 10.4. The summed E-state index contributed by atoms with van der Waals surface area (Å²) >= 11 is 0. The van der Waals surface area contributed by atoms with Crippen LogP contribution in [0.4, 0.5) is 4.79 Å². The Balaban J connectivity index is 1.49. The molecule has 0 bridgehead atoms. The quantitative estimate of drug-likeness (QED) is 0.265. The number of carboxylic acid groups (broad SMARTS) is 1. The zero-order valence-electron chi connectivity index (χ0n) is 18.8. The Hall–Kier alpha value is -1.85. The fourth-order valence-electron chi connectivity index (χ4n) is 2.65. The van der Waals surface area contributed by atoms with Crippen LogP contribution in [-0.2, 0) is 28.3 Å². The molecule has 31 heavy (non-hydrogen) atoms. The lowest BCUT2D eigenvalue weighted by atomic mass is 9.79. The summed E-state index contributed by atoms with van der Waals surface area (Å²) in [5.74, 6) is 0.754. The summed E-state index contributed by atoms with van der Waals surface area (Å²) in [6.45, 7) is 10.9. The third-order valence-corrected chi connectivity index (χ3v) is 5.10. The average Bonchev–Trinajstić information content (AvgIpc) is 2.93. The molecular formula is C21H33BO9. The zero-order chi connectivity index (χ0) is 22.7. The topological polar surface area (TPSA) is 102 Å². The van der Waals surface area contributed by atoms with Crippen molar-refractivity contribution in [1.29, 1.82) is 0 Å². The van der Waals surface area contributed by atoms with Crippen molar-refractivity contribution in [2.24, 2.45) is 0 Å². The smallest absolute Gasteiger partial charge is 0.491 e. The van der Waals surface area contributed by atoms with Gasteiger partial charge < -0.3 is 38.1 Å². The normalized spacial score (nSPS) is 17.0. The minimum absolute atomic E-state index is 0.0136. The summed E-state index contributed by atoms with van der Waals surface area (Å²) in [7, 11) is -0.383. The van der Waals surface area contributed by atoms with Crippen LogP contribution in [-0.4, -0.2) is 82.4 Å². The van der Waals surface area contributed by atoms with Gasteiger partial charge in [-0.3, -0.25) is 0 Å². The molecule has 174 valence electrons. The van der Waals surface area contributed by atoms with Crippen molar-refractivity contribution in [2.45, 2.75) is 38.9 Å². The summed E-state index contributed by atoms with van der Waals surface area (Å²) < 4.78 is 38.0. The lowest BCUT2D eigenvalue weighted by Crippen LogP contribution is -2.41. The van der Waals surface area contributed by atoms with E-state index in [1.54, 1.807) is 0 Å². The van der Waals surface area contributed by atoms with Crippen LogP contribution in [0.3, 0.4) is 0 Å². The number of rotatable bonds is 14. The standard InChI is InChI=1S/C21H33BO9/c1-20(2)21(3,4)31-22(30-20)17-5-7-18(8-6-17)28-15-13-26-11-9-25-10-12-27-14-16-29-19(23)24/h5-8H,9-16H2,1-4H3,(H,23,24). The molecule has 10 heteroatoms. The molecule has 0 amide bonds. The van der Waals surface area contributed by atoms with Crippen LogP contribution in [0.25, 0.3) is 0 Å². The number of benzene rings is 1. The Kier molecular flexibility index (Phi) is 10.0. The summed E-state index contributed by atoms with van der Waals surface area (Å²) in [5.41, 5.74) is 0.230. The second kappa shape index (κ2) is 12.3. The molecule has 0 spiro atoms. The lowest BCUT2D eigenvalue weighted by Gasteiger charge is -2.32. The summed E-state index contributed by atoms with van der Waals surface area (Å²) in [6, 6.07) is 7.68. The molecule has 1 N–H and O–H groups in total. The lowest BCUT2D eigenvalue weighted by molar-refractivity contribution is -0.00154. The molecule has 2 rings (SSSR count).